The van der Waals surface area contributed by atoms with Crippen LogP contribution in [0.25, 0.3) is 6.08 Å². The molecule has 146 valence electrons. The van der Waals surface area contributed by atoms with Gasteiger partial charge in [-0.25, -0.2) is 0 Å². The van der Waals surface area contributed by atoms with E-state index in [0.717, 1.165) is 30.9 Å². The van der Waals surface area contributed by atoms with Crippen LogP contribution in [0.5, 0.6) is 5.75 Å². The molecule has 1 fully saturated rings. The smallest absolute Gasteiger partial charge is 0.276 e. The molecule has 0 atom stereocenters. The van der Waals surface area contributed by atoms with Crippen molar-refractivity contribution in [1.29, 1.82) is 0 Å². The SMILES string of the molecule is COc1ccc(C(=O)/C=C/c2ccccc2[N+](=O)[O-])cc1CN1CCCCC1. The number of allylic oxidation sites excluding steroid dienone is 1. The lowest BCUT2D eigenvalue weighted by molar-refractivity contribution is -0.385. The fraction of sp³-hybridized carbons (Fsp3) is 0.318. The molecule has 0 aliphatic carbocycles. The molecule has 0 unspecified atom stereocenters. The highest BCUT2D eigenvalue weighted by Crippen LogP contribution is 2.24. The Hall–Kier alpha value is -2.99. The molecule has 28 heavy (non-hydrogen) atoms. The van der Waals surface area contributed by atoms with Crippen molar-refractivity contribution in [3.05, 3.63) is 75.3 Å². The van der Waals surface area contributed by atoms with Gasteiger partial charge in [0.05, 0.1) is 17.6 Å². The molecule has 0 aromatic heterocycles. The second-order valence-corrected chi connectivity index (χ2v) is 6.88. The summed E-state index contributed by atoms with van der Waals surface area (Å²) in [4.78, 5) is 25.7. The zero-order valence-electron chi connectivity index (χ0n) is 16.0. The van der Waals surface area contributed by atoms with Gasteiger partial charge in [-0.2, -0.15) is 0 Å². The van der Waals surface area contributed by atoms with Crippen LogP contribution >= 0.6 is 0 Å². The van der Waals surface area contributed by atoms with Crippen molar-refractivity contribution in [2.45, 2.75) is 25.8 Å². The molecular formula is C22H24N2O4. The molecule has 2 aromatic carbocycles. The number of carbonyl (C=O) groups is 1. The highest BCUT2D eigenvalue weighted by molar-refractivity contribution is 6.07. The Morgan fingerprint density at radius 1 is 1.18 bits per heavy atom. The number of ketones is 1. The lowest BCUT2D eigenvalue weighted by Gasteiger charge is -2.27. The summed E-state index contributed by atoms with van der Waals surface area (Å²) < 4.78 is 5.46. The van der Waals surface area contributed by atoms with E-state index < -0.39 is 4.92 Å². The van der Waals surface area contributed by atoms with Crippen LogP contribution in [0.15, 0.2) is 48.5 Å². The normalized spacial score (nSPS) is 14.9. The van der Waals surface area contributed by atoms with E-state index in [1.807, 2.05) is 12.1 Å². The van der Waals surface area contributed by atoms with Crippen LogP contribution in [0.4, 0.5) is 5.69 Å². The number of hydrogen-bond acceptors (Lipinski definition) is 5. The van der Waals surface area contributed by atoms with E-state index in [2.05, 4.69) is 4.90 Å². The summed E-state index contributed by atoms with van der Waals surface area (Å²) in [6, 6.07) is 11.8. The summed E-state index contributed by atoms with van der Waals surface area (Å²) in [6.45, 7) is 2.86. The molecule has 0 spiro atoms. The average molecular weight is 380 g/mol. The van der Waals surface area contributed by atoms with Gasteiger partial charge in [0.1, 0.15) is 5.75 Å². The van der Waals surface area contributed by atoms with Crippen LogP contribution in [-0.4, -0.2) is 35.8 Å². The Balaban J connectivity index is 1.80. The highest BCUT2D eigenvalue weighted by atomic mass is 16.6. The third-order valence-corrected chi connectivity index (χ3v) is 4.96. The van der Waals surface area contributed by atoms with Crippen molar-refractivity contribution in [2.24, 2.45) is 0 Å². The molecule has 6 heteroatoms. The zero-order chi connectivity index (χ0) is 19.9. The van der Waals surface area contributed by atoms with Crippen LogP contribution < -0.4 is 4.74 Å². The summed E-state index contributed by atoms with van der Waals surface area (Å²) in [7, 11) is 1.63. The number of para-hydroxylation sites is 1. The number of nitro groups is 1. The molecule has 2 aromatic rings. The van der Waals surface area contributed by atoms with Crippen molar-refractivity contribution in [3.8, 4) is 5.75 Å². The van der Waals surface area contributed by atoms with Crippen LogP contribution in [0.1, 0.15) is 40.7 Å². The predicted octanol–water partition coefficient (Wildman–Crippen LogP) is 4.49. The number of benzene rings is 2. The Labute approximate surface area is 164 Å². The molecule has 0 N–H and O–H groups in total. The molecule has 0 saturated carbocycles. The molecule has 0 bridgehead atoms. The maximum atomic E-state index is 12.6. The fourth-order valence-electron chi connectivity index (χ4n) is 3.47. The number of ether oxygens (including phenoxy) is 1. The molecule has 0 amide bonds. The lowest BCUT2D eigenvalue weighted by atomic mass is 10.0. The van der Waals surface area contributed by atoms with Gasteiger partial charge in [-0.3, -0.25) is 19.8 Å². The van der Waals surface area contributed by atoms with Crippen molar-refractivity contribution in [1.82, 2.24) is 4.90 Å². The minimum Gasteiger partial charge on any atom is -0.496 e. The number of piperidine rings is 1. The van der Waals surface area contributed by atoms with Crippen LogP contribution in [0.3, 0.4) is 0 Å². The van der Waals surface area contributed by atoms with E-state index in [4.69, 9.17) is 4.74 Å². The van der Waals surface area contributed by atoms with E-state index in [0.29, 0.717) is 11.1 Å². The Morgan fingerprint density at radius 3 is 2.64 bits per heavy atom. The molecule has 6 nitrogen and oxygen atoms in total. The quantitative estimate of drug-likeness (QED) is 0.306. The predicted molar refractivity (Wildman–Crippen MR) is 109 cm³/mol. The monoisotopic (exact) mass is 380 g/mol. The fourth-order valence-corrected chi connectivity index (χ4v) is 3.47. The van der Waals surface area contributed by atoms with Crippen LogP contribution in [0.2, 0.25) is 0 Å². The summed E-state index contributed by atoms with van der Waals surface area (Å²) in [5.41, 5.74) is 1.91. The maximum Gasteiger partial charge on any atom is 0.276 e. The van der Waals surface area contributed by atoms with Gasteiger partial charge in [-0.05, 0) is 62.3 Å². The van der Waals surface area contributed by atoms with Gasteiger partial charge in [0, 0.05) is 23.7 Å². The number of nitro benzene ring substituents is 1. The number of carbonyl (C=O) groups excluding carboxylic acids is 1. The van der Waals surface area contributed by atoms with Crippen molar-refractivity contribution >= 4 is 17.5 Å². The average Bonchev–Trinajstić information content (AvgIpc) is 2.73. The molecule has 3 rings (SSSR count). The zero-order valence-corrected chi connectivity index (χ0v) is 16.0. The van der Waals surface area contributed by atoms with E-state index in [9.17, 15) is 14.9 Å². The molecule has 1 aliphatic rings. The minimum atomic E-state index is -0.450. The van der Waals surface area contributed by atoms with E-state index in [1.165, 1.54) is 37.5 Å². The van der Waals surface area contributed by atoms with Gasteiger partial charge in [-0.1, -0.05) is 18.6 Å². The summed E-state index contributed by atoms with van der Waals surface area (Å²) in [5.74, 6) is 0.575. The van der Waals surface area contributed by atoms with Gasteiger partial charge in [-0.15, -0.1) is 0 Å². The number of likely N-dealkylation sites (tertiary alicyclic amines) is 1. The Bertz CT molecular complexity index is 886. The van der Waals surface area contributed by atoms with Crippen molar-refractivity contribution < 1.29 is 14.5 Å². The number of hydrogen-bond donors (Lipinski definition) is 0. The van der Waals surface area contributed by atoms with Crippen molar-refractivity contribution in [3.63, 3.8) is 0 Å². The molecule has 1 heterocycles. The first-order valence-corrected chi connectivity index (χ1v) is 9.43. The Kier molecular flexibility index (Phi) is 6.55. The number of rotatable bonds is 7. The minimum absolute atomic E-state index is 0.0212. The highest BCUT2D eigenvalue weighted by Gasteiger charge is 2.15. The summed E-state index contributed by atoms with van der Waals surface area (Å²) in [6.07, 6.45) is 6.53. The van der Waals surface area contributed by atoms with Gasteiger partial charge < -0.3 is 4.74 Å². The van der Waals surface area contributed by atoms with Gasteiger partial charge in [0.2, 0.25) is 0 Å². The van der Waals surface area contributed by atoms with Gasteiger partial charge in [0.15, 0.2) is 5.78 Å². The molecule has 1 aliphatic heterocycles. The van der Waals surface area contributed by atoms with Crippen molar-refractivity contribution in [2.75, 3.05) is 20.2 Å². The molecular weight excluding hydrogens is 356 g/mol. The topological polar surface area (TPSA) is 72.7 Å². The number of methoxy groups -OCH3 is 1. The number of nitrogens with zero attached hydrogens (tertiary/aromatic N) is 2. The first-order valence-electron chi connectivity index (χ1n) is 9.43. The van der Waals surface area contributed by atoms with E-state index >= 15 is 0 Å². The second kappa shape index (κ2) is 9.28. The van der Waals surface area contributed by atoms with E-state index in [-0.39, 0.29) is 11.5 Å². The third kappa shape index (κ3) is 4.84. The molecule has 1 saturated heterocycles. The van der Waals surface area contributed by atoms with Crippen LogP contribution in [0, 0.1) is 10.1 Å². The first kappa shape index (κ1) is 19.8. The lowest BCUT2D eigenvalue weighted by Crippen LogP contribution is -2.29. The van der Waals surface area contributed by atoms with Gasteiger partial charge in [0.25, 0.3) is 5.69 Å². The largest absolute Gasteiger partial charge is 0.496 e. The van der Waals surface area contributed by atoms with Gasteiger partial charge >= 0.3 is 0 Å². The third-order valence-electron chi connectivity index (χ3n) is 4.96. The van der Waals surface area contributed by atoms with Crippen LogP contribution in [-0.2, 0) is 6.54 Å². The second-order valence-electron chi connectivity index (χ2n) is 6.88. The summed E-state index contributed by atoms with van der Waals surface area (Å²) in [5, 5.41) is 11.1. The summed E-state index contributed by atoms with van der Waals surface area (Å²) >= 11 is 0. The Morgan fingerprint density at radius 2 is 1.93 bits per heavy atom. The van der Waals surface area contributed by atoms with E-state index in [1.54, 1.807) is 31.4 Å². The standard InChI is InChI=1S/C22H24N2O4/c1-28-22-12-10-18(15-19(22)16-23-13-5-2-6-14-23)21(25)11-9-17-7-3-4-8-20(17)24(26)27/h3-4,7-12,15H,2,5-6,13-14,16H2,1H3/b11-9+. The molecule has 0 radical (unpaired) electrons. The maximum absolute atomic E-state index is 12.6. The first-order chi connectivity index (χ1) is 13.6.